The number of ether oxygens (including phenoxy) is 1. The molecular weight excluding hydrogens is 214 g/mol. The molecule has 0 aromatic carbocycles. The molecule has 2 rings (SSSR count). The lowest BCUT2D eigenvalue weighted by molar-refractivity contribution is 0.324. The van der Waals surface area contributed by atoms with Crippen molar-refractivity contribution in [3.63, 3.8) is 0 Å². The summed E-state index contributed by atoms with van der Waals surface area (Å²) in [5, 5.41) is 3.40. The van der Waals surface area contributed by atoms with Crippen LogP contribution in [0.5, 0.6) is 5.88 Å². The van der Waals surface area contributed by atoms with E-state index in [1.54, 1.807) is 0 Å². The first-order valence-electron chi connectivity index (χ1n) is 6.44. The summed E-state index contributed by atoms with van der Waals surface area (Å²) in [4.78, 5) is 8.95. The van der Waals surface area contributed by atoms with Crippen molar-refractivity contribution in [1.29, 1.82) is 0 Å². The van der Waals surface area contributed by atoms with Crippen molar-refractivity contribution in [2.24, 2.45) is 5.92 Å². The molecule has 94 valence electrons. The van der Waals surface area contributed by atoms with Gasteiger partial charge in [-0.1, -0.05) is 13.8 Å². The standard InChI is InChI=1S/C13H21N3O/c1-4-17-13-8-12(14-10-5-6-10)15-11(16-13)7-9(2)3/h8-10H,4-7H2,1-3H3,(H,14,15,16). The van der Waals surface area contributed by atoms with E-state index in [4.69, 9.17) is 4.74 Å². The maximum Gasteiger partial charge on any atom is 0.218 e. The fourth-order valence-electron chi connectivity index (χ4n) is 1.66. The van der Waals surface area contributed by atoms with Gasteiger partial charge in [0.25, 0.3) is 0 Å². The van der Waals surface area contributed by atoms with Gasteiger partial charge in [0.2, 0.25) is 5.88 Å². The Kier molecular flexibility index (Phi) is 3.82. The molecule has 0 atom stereocenters. The van der Waals surface area contributed by atoms with Crippen molar-refractivity contribution in [2.75, 3.05) is 11.9 Å². The van der Waals surface area contributed by atoms with Gasteiger partial charge in [-0.2, -0.15) is 4.98 Å². The van der Waals surface area contributed by atoms with E-state index in [0.717, 1.165) is 18.1 Å². The highest BCUT2D eigenvalue weighted by Gasteiger charge is 2.22. The van der Waals surface area contributed by atoms with Gasteiger partial charge in [-0.25, -0.2) is 4.98 Å². The molecule has 0 bridgehead atoms. The molecule has 1 aliphatic rings. The number of hydrogen-bond donors (Lipinski definition) is 1. The second-order valence-corrected chi connectivity index (χ2v) is 4.96. The Morgan fingerprint density at radius 3 is 2.76 bits per heavy atom. The lowest BCUT2D eigenvalue weighted by Crippen LogP contribution is -2.09. The summed E-state index contributed by atoms with van der Waals surface area (Å²) in [5.74, 6) is 3.01. The molecule has 4 nitrogen and oxygen atoms in total. The van der Waals surface area contributed by atoms with Crippen LogP contribution in [0.2, 0.25) is 0 Å². The van der Waals surface area contributed by atoms with Crippen LogP contribution < -0.4 is 10.1 Å². The van der Waals surface area contributed by atoms with Gasteiger partial charge >= 0.3 is 0 Å². The molecule has 1 heterocycles. The summed E-state index contributed by atoms with van der Waals surface area (Å²) < 4.78 is 5.48. The highest BCUT2D eigenvalue weighted by Crippen LogP contribution is 2.25. The fourth-order valence-corrected chi connectivity index (χ4v) is 1.66. The van der Waals surface area contributed by atoms with Gasteiger partial charge in [0.15, 0.2) is 0 Å². The van der Waals surface area contributed by atoms with E-state index in [9.17, 15) is 0 Å². The lowest BCUT2D eigenvalue weighted by Gasteiger charge is -2.10. The van der Waals surface area contributed by atoms with Gasteiger partial charge in [-0.05, 0) is 25.7 Å². The molecule has 1 N–H and O–H groups in total. The van der Waals surface area contributed by atoms with Crippen molar-refractivity contribution in [3.8, 4) is 5.88 Å². The van der Waals surface area contributed by atoms with Gasteiger partial charge in [0.05, 0.1) is 6.61 Å². The Labute approximate surface area is 103 Å². The normalized spacial score (nSPS) is 15.1. The van der Waals surface area contributed by atoms with Gasteiger partial charge in [-0.3, -0.25) is 0 Å². The van der Waals surface area contributed by atoms with Crippen LogP contribution in [0.3, 0.4) is 0 Å². The number of nitrogens with one attached hydrogen (secondary N) is 1. The summed E-state index contributed by atoms with van der Waals surface area (Å²) in [6.07, 6.45) is 3.38. The van der Waals surface area contributed by atoms with Crippen LogP contribution >= 0.6 is 0 Å². The summed E-state index contributed by atoms with van der Waals surface area (Å²) in [6.45, 7) is 6.95. The van der Waals surface area contributed by atoms with Crippen molar-refractivity contribution >= 4 is 5.82 Å². The molecule has 1 fully saturated rings. The third-order valence-corrected chi connectivity index (χ3v) is 2.56. The molecule has 1 aromatic heterocycles. The van der Waals surface area contributed by atoms with E-state index in [2.05, 4.69) is 29.1 Å². The number of hydrogen-bond acceptors (Lipinski definition) is 4. The van der Waals surface area contributed by atoms with E-state index in [1.807, 2.05) is 13.0 Å². The topological polar surface area (TPSA) is 47.0 Å². The zero-order valence-electron chi connectivity index (χ0n) is 10.9. The van der Waals surface area contributed by atoms with Crippen LogP contribution in [0, 0.1) is 5.92 Å². The van der Waals surface area contributed by atoms with Gasteiger partial charge in [0.1, 0.15) is 11.6 Å². The Hall–Kier alpha value is -1.32. The molecule has 1 saturated carbocycles. The third-order valence-electron chi connectivity index (χ3n) is 2.56. The maximum atomic E-state index is 5.48. The van der Waals surface area contributed by atoms with Gasteiger partial charge in [-0.15, -0.1) is 0 Å². The minimum absolute atomic E-state index is 0.556. The molecular formula is C13H21N3O. The van der Waals surface area contributed by atoms with Gasteiger partial charge in [0, 0.05) is 18.5 Å². The van der Waals surface area contributed by atoms with E-state index in [-0.39, 0.29) is 0 Å². The number of anilines is 1. The fraction of sp³-hybridized carbons (Fsp3) is 0.692. The summed E-state index contributed by atoms with van der Waals surface area (Å²) in [6, 6.07) is 2.50. The van der Waals surface area contributed by atoms with Crippen molar-refractivity contribution in [1.82, 2.24) is 9.97 Å². The van der Waals surface area contributed by atoms with Gasteiger partial charge < -0.3 is 10.1 Å². The summed E-state index contributed by atoms with van der Waals surface area (Å²) >= 11 is 0. The molecule has 0 unspecified atom stereocenters. The molecule has 17 heavy (non-hydrogen) atoms. The predicted molar refractivity (Wildman–Crippen MR) is 68.4 cm³/mol. The quantitative estimate of drug-likeness (QED) is 0.823. The Morgan fingerprint density at radius 1 is 1.41 bits per heavy atom. The lowest BCUT2D eigenvalue weighted by atomic mass is 10.1. The molecule has 4 heteroatoms. The van der Waals surface area contributed by atoms with Crippen LogP contribution in [0.25, 0.3) is 0 Å². The highest BCUT2D eigenvalue weighted by molar-refractivity contribution is 5.40. The minimum Gasteiger partial charge on any atom is -0.478 e. The van der Waals surface area contributed by atoms with E-state index in [1.165, 1.54) is 12.8 Å². The van der Waals surface area contributed by atoms with Crippen molar-refractivity contribution in [3.05, 3.63) is 11.9 Å². The highest BCUT2D eigenvalue weighted by atomic mass is 16.5. The van der Waals surface area contributed by atoms with Crippen LogP contribution in [-0.4, -0.2) is 22.6 Å². The molecule has 0 radical (unpaired) electrons. The Morgan fingerprint density at radius 2 is 2.18 bits per heavy atom. The minimum atomic E-state index is 0.556. The molecule has 1 aromatic rings. The molecule has 0 saturated heterocycles. The molecule has 1 aliphatic carbocycles. The van der Waals surface area contributed by atoms with E-state index < -0.39 is 0 Å². The second kappa shape index (κ2) is 5.34. The Balaban J connectivity index is 2.14. The number of nitrogens with zero attached hydrogens (tertiary/aromatic N) is 2. The number of aromatic nitrogens is 2. The van der Waals surface area contributed by atoms with Crippen LogP contribution in [0.4, 0.5) is 5.82 Å². The van der Waals surface area contributed by atoms with E-state index >= 15 is 0 Å². The second-order valence-electron chi connectivity index (χ2n) is 4.96. The maximum absolute atomic E-state index is 5.48. The number of rotatable bonds is 6. The summed E-state index contributed by atoms with van der Waals surface area (Å²) in [7, 11) is 0. The predicted octanol–water partition coefficient (Wildman–Crippen LogP) is 2.65. The van der Waals surface area contributed by atoms with Crippen LogP contribution in [-0.2, 0) is 6.42 Å². The first kappa shape index (κ1) is 12.1. The molecule has 0 aliphatic heterocycles. The van der Waals surface area contributed by atoms with Crippen LogP contribution in [0.1, 0.15) is 39.4 Å². The largest absolute Gasteiger partial charge is 0.478 e. The van der Waals surface area contributed by atoms with Crippen molar-refractivity contribution in [2.45, 2.75) is 46.1 Å². The Bertz CT molecular complexity index is 353. The average Bonchev–Trinajstić information content (AvgIpc) is 3.00. The average molecular weight is 235 g/mol. The SMILES string of the molecule is CCOc1cc(NC2CC2)nc(CC(C)C)n1. The summed E-state index contributed by atoms with van der Waals surface area (Å²) in [5.41, 5.74) is 0. The van der Waals surface area contributed by atoms with Crippen molar-refractivity contribution < 1.29 is 4.74 Å². The first-order chi connectivity index (χ1) is 8.17. The zero-order chi connectivity index (χ0) is 12.3. The molecule has 0 amide bonds. The van der Waals surface area contributed by atoms with Crippen LogP contribution in [0.15, 0.2) is 6.07 Å². The zero-order valence-corrected chi connectivity index (χ0v) is 10.9. The third kappa shape index (κ3) is 3.88. The smallest absolute Gasteiger partial charge is 0.218 e. The molecule has 0 spiro atoms. The first-order valence-corrected chi connectivity index (χ1v) is 6.44. The van der Waals surface area contributed by atoms with E-state index in [0.29, 0.717) is 24.4 Å². The monoisotopic (exact) mass is 235 g/mol.